The number of halogens is 3. The summed E-state index contributed by atoms with van der Waals surface area (Å²) in [5.74, 6) is -2.02. The van der Waals surface area contributed by atoms with Crippen molar-refractivity contribution in [3.05, 3.63) is 57.3 Å². The SMILES string of the molecule is O=C(Cc1cccc(F)c1F)Nc1ccc(I)cn1. The van der Waals surface area contributed by atoms with E-state index in [9.17, 15) is 13.6 Å². The Bertz CT molecular complexity index is 602. The number of anilines is 1. The van der Waals surface area contributed by atoms with Gasteiger partial charge in [-0.2, -0.15) is 0 Å². The van der Waals surface area contributed by atoms with Crippen molar-refractivity contribution < 1.29 is 13.6 Å². The van der Waals surface area contributed by atoms with Crippen molar-refractivity contribution in [3.8, 4) is 0 Å². The van der Waals surface area contributed by atoms with Crippen molar-refractivity contribution in [2.75, 3.05) is 5.32 Å². The van der Waals surface area contributed by atoms with Crippen molar-refractivity contribution in [1.29, 1.82) is 0 Å². The summed E-state index contributed by atoms with van der Waals surface area (Å²) in [6.07, 6.45) is 1.36. The molecule has 0 atom stereocenters. The van der Waals surface area contributed by atoms with Crippen molar-refractivity contribution in [2.24, 2.45) is 0 Å². The van der Waals surface area contributed by atoms with E-state index in [0.717, 1.165) is 9.64 Å². The molecule has 0 saturated carbocycles. The van der Waals surface area contributed by atoms with Crippen LogP contribution in [-0.2, 0) is 11.2 Å². The third-order valence-electron chi connectivity index (χ3n) is 2.38. The van der Waals surface area contributed by atoms with Crippen LogP contribution in [0.1, 0.15) is 5.56 Å². The Labute approximate surface area is 122 Å². The highest BCUT2D eigenvalue weighted by atomic mass is 127. The lowest BCUT2D eigenvalue weighted by Gasteiger charge is -2.05. The molecule has 0 aliphatic heterocycles. The average molecular weight is 374 g/mol. The van der Waals surface area contributed by atoms with Gasteiger partial charge in [-0.1, -0.05) is 12.1 Å². The number of nitrogens with one attached hydrogen (secondary N) is 1. The lowest BCUT2D eigenvalue weighted by atomic mass is 10.1. The number of carbonyl (C=O) groups is 1. The average Bonchev–Trinajstić information content (AvgIpc) is 2.38. The van der Waals surface area contributed by atoms with Crippen LogP contribution in [0.5, 0.6) is 0 Å². The fraction of sp³-hybridized carbons (Fsp3) is 0.0769. The van der Waals surface area contributed by atoms with E-state index in [1.54, 1.807) is 18.3 Å². The summed E-state index contributed by atoms with van der Waals surface area (Å²) in [5, 5.41) is 2.52. The highest BCUT2D eigenvalue weighted by Gasteiger charge is 2.12. The van der Waals surface area contributed by atoms with Crippen molar-refractivity contribution in [3.63, 3.8) is 0 Å². The Morgan fingerprint density at radius 2 is 2.05 bits per heavy atom. The molecule has 0 bridgehead atoms. The maximum absolute atomic E-state index is 13.4. The van der Waals surface area contributed by atoms with E-state index in [4.69, 9.17) is 0 Å². The van der Waals surface area contributed by atoms with Crippen LogP contribution < -0.4 is 5.32 Å². The summed E-state index contributed by atoms with van der Waals surface area (Å²) in [7, 11) is 0. The van der Waals surface area contributed by atoms with Crippen LogP contribution in [0.2, 0.25) is 0 Å². The third-order valence-corrected chi connectivity index (χ3v) is 3.02. The first-order valence-corrected chi connectivity index (χ1v) is 6.48. The van der Waals surface area contributed by atoms with Crippen LogP contribution in [0.15, 0.2) is 36.5 Å². The molecule has 0 radical (unpaired) electrons. The number of hydrogen-bond acceptors (Lipinski definition) is 2. The van der Waals surface area contributed by atoms with E-state index in [0.29, 0.717) is 5.82 Å². The van der Waals surface area contributed by atoms with Crippen LogP contribution in [0.3, 0.4) is 0 Å². The summed E-state index contributed by atoms with van der Waals surface area (Å²) in [6.45, 7) is 0. The van der Waals surface area contributed by atoms with Crippen LogP contribution in [-0.4, -0.2) is 10.9 Å². The topological polar surface area (TPSA) is 42.0 Å². The zero-order valence-corrected chi connectivity index (χ0v) is 11.8. The van der Waals surface area contributed by atoms with Gasteiger partial charge in [0.25, 0.3) is 0 Å². The molecule has 19 heavy (non-hydrogen) atoms. The van der Waals surface area contributed by atoms with Crippen molar-refractivity contribution in [1.82, 2.24) is 4.98 Å². The highest BCUT2D eigenvalue weighted by molar-refractivity contribution is 14.1. The maximum Gasteiger partial charge on any atom is 0.230 e. The van der Waals surface area contributed by atoms with Gasteiger partial charge >= 0.3 is 0 Å². The molecular formula is C13H9F2IN2O. The van der Waals surface area contributed by atoms with Gasteiger partial charge in [0.1, 0.15) is 5.82 Å². The molecule has 0 saturated heterocycles. The van der Waals surface area contributed by atoms with E-state index in [1.807, 2.05) is 0 Å². The van der Waals surface area contributed by atoms with Gasteiger partial charge in [0, 0.05) is 15.3 Å². The Morgan fingerprint density at radius 1 is 1.26 bits per heavy atom. The second kappa shape index (κ2) is 6.05. The molecule has 1 heterocycles. The smallest absolute Gasteiger partial charge is 0.230 e. The molecule has 3 nitrogen and oxygen atoms in total. The second-order valence-electron chi connectivity index (χ2n) is 3.80. The van der Waals surface area contributed by atoms with E-state index in [2.05, 4.69) is 32.9 Å². The van der Waals surface area contributed by atoms with Gasteiger partial charge < -0.3 is 5.32 Å². The fourth-order valence-electron chi connectivity index (χ4n) is 1.49. The Balaban J connectivity index is 2.05. The monoisotopic (exact) mass is 374 g/mol. The molecule has 0 spiro atoms. The zero-order chi connectivity index (χ0) is 13.8. The largest absolute Gasteiger partial charge is 0.310 e. The number of amides is 1. The van der Waals surface area contributed by atoms with E-state index >= 15 is 0 Å². The van der Waals surface area contributed by atoms with E-state index in [-0.39, 0.29) is 12.0 Å². The summed E-state index contributed by atoms with van der Waals surface area (Å²) in [6, 6.07) is 7.18. The van der Waals surface area contributed by atoms with Crippen LogP contribution in [0.25, 0.3) is 0 Å². The molecule has 1 aromatic heterocycles. The minimum Gasteiger partial charge on any atom is -0.310 e. The van der Waals surface area contributed by atoms with Gasteiger partial charge in [-0.3, -0.25) is 4.79 Å². The quantitative estimate of drug-likeness (QED) is 0.839. The highest BCUT2D eigenvalue weighted by Crippen LogP contribution is 2.13. The van der Waals surface area contributed by atoms with Crippen LogP contribution >= 0.6 is 22.6 Å². The van der Waals surface area contributed by atoms with Gasteiger partial charge in [0.15, 0.2) is 11.6 Å². The fourth-order valence-corrected chi connectivity index (χ4v) is 1.81. The van der Waals surface area contributed by atoms with E-state index in [1.165, 1.54) is 12.1 Å². The third kappa shape index (κ3) is 3.69. The number of nitrogens with zero attached hydrogens (tertiary/aromatic N) is 1. The molecule has 6 heteroatoms. The predicted octanol–water partition coefficient (Wildman–Crippen LogP) is 3.15. The predicted molar refractivity (Wildman–Crippen MR) is 75.6 cm³/mol. The molecular weight excluding hydrogens is 365 g/mol. The molecule has 0 aliphatic carbocycles. The number of carbonyl (C=O) groups excluding carboxylic acids is 1. The van der Waals surface area contributed by atoms with Gasteiger partial charge in [0.05, 0.1) is 6.42 Å². The van der Waals surface area contributed by atoms with Crippen LogP contribution in [0, 0.1) is 15.2 Å². The minimum absolute atomic E-state index is 0.0167. The molecule has 1 N–H and O–H groups in total. The molecule has 0 fully saturated rings. The summed E-state index contributed by atoms with van der Waals surface area (Å²) in [5.41, 5.74) is 0.0167. The lowest BCUT2D eigenvalue weighted by Crippen LogP contribution is -2.16. The first kappa shape index (κ1) is 13.9. The Morgan fingerprint density at radius 3 is 2.74 bits per heavy atom. The molecule has 0 unspecified atom stereocenters. The van der Waals surface area contributed by atoms with Gasteiger partial charge in [-0.25, -0.2) is 13.8 Å². The van der Waals surface area contributed by atoms with Gasteiger partial charge in [0.2, 0.25) is 5.91 Å². The normalized spacial score (nSPS) is 10.3. The first-order chi connectivity index (χ1) is 9.06. The number of benzene rings is 1. The van der Waals surface area contributed by atoms with Gasteiger partial charge in [-0.05, 0) is 40.8 Å². The van der Waals surface area contributed by atoms with Crippen molar-refractivity contribution in [2.45, 2.75) is 6.42 Å². The van der Waals surface area contributed by atoms with Crippen LogP contribution in [0.4, 0.5) is 14.6 Å². The molecule has 1 amide bonds. The number of rotatable bonds is 3. The lowest BCUT2D eigenvalue weighted by molar-refractivity contribution is -0.115. The summed E-state index contributed by atoms with van der Waals surface area (Å²) < 4.78 is 27.3. The zero-order valence-electron chi connectivity index (χ0n) is 9.66. The standard InChI is InChI=1S/C13H9F2IN2O/c14-10-3-1-2-8(13(10)15)6-12(19)18-11-5-4-9(16)7-17-11/h1-5,7H,6H2,(H,17,18,19). The minimum atomic E-state index is -0.992. The Kier molecular flexibility index (Phi) is 4.41. The number of hydrogen-bond donors (Lipinski definition) is 1. The van der Waals surface area contributed by atoms with E-state index < -0.39 is 17.5 Å². The molecule has 0 aliphatic rings. The number of aromatic nitrogens is 1. The Hall–Kier alpha value is -1.57. The maximum atomic E-state index is 13.4. The molecule has 1 aromatic carbocycles. The van der Waals surface area contributed by atoms with Gasteiger partial charge in [-0.15, -0.1) is 0 Å². The number of pyridine rings is 1. The second-order valence-corrected chi connectivity index (χ2v) is 5.05. The molecule has 98 valence electrons. The van der Waals surface area contributed by atoms with Crippen molar-refractivity contribution >= 4 is 34.3 Å². The summed E-state index contributed by atoms with van der Waals surface area (Å²) >= 11 is 2.09. The summed E-state index contributed by atoms with van der Waals surface area (Å²) in [4.78, 5) is 15.7. The first-order valence-electron chi connectivity index (χ1n) is 5.40. The molecule has 2 rings (SSSR count). The molecule has 2 aromatic rings.